The Morgan fingerprint density at radius 3 is 2.72 bits per heavy atom. The van der Waals surface area contributed by atoms with E-state index < -0.39 is 4.92 Å². The molecule has 25 heavy (non-hydrogen) atoms. The molecule has 0 bridgehead atoms. The summed E-state index contributed by atoms with van der Waals surface area (Å²) in [6.45, 7) is 0. The normalized spacial score (nSPS) is 10.9. The van der Waals surface area contributed by atoms with Crippen LogP contribution in [0.1, 0.15) is 10.6 Å². The first-order valence-corrected chi connectivity index (χ1v) is 8.28. The van der Waals surface area contributed by atoms with E-state index in [4.69, 9.17) is 0 Å². The molecule has 1 amide bonds. The van der Waals surface area contributed by atoms with E-state index in [2.05, 4.69) is 10.5 Å². The Balaban J connectivity index is 1.67. The SMILES string of the molecule is O=C(Cc1cccs1)N/N=C\c1cccn1-c1ccc([N+](=O)[O-])cc1. The molecular formula is C17H14N4O3S. The summed E-state index contributed by atoms with van der Waals surface area (Å²) in [5.41, 5.74) is 4.04. The van der Waals surface area contributed by atoms with Gasteiger partial charge in [0.25, 0.3) is 5.69 Å². The maximum Gasteiger partial charge on any atom is 0.269 e. The summed E-state index contributed by atoms with van der Waals surface area (Å²) in [5, 5.41) is 16.6. The lowest BCUT2D eigenvalue weighted by atomic mass is 10.3. The number of benzene rings is 1. The van der Waals surface area contributed by atoms with Crippen LogP contribution in [0.2, 0.25) is 0 Å². The van der Waals surface area contributed by atoms with Gasteiger partial charge in [0.2, 0.25) is 5.91 Å². The zero-order valence-corrected chi connectivity index (χ0v) is 13.8. The fraction of sp³-hybridized carbons (Fsp3) is 0.0588. The van der Waals surface area contributed by atoms with Crippen molar-refractivity contribution in [2.45, 2.75) is 6.42 Å². The fourth-order valence-electron chi connectivity index (χ4n) is 2.25. The number of nitrogens with zero attached hydrogens (tertiary/aromatic N) is 3. The lowest BCUT2D eigenvalue weighted by molar-refractivity contribution is -0.384. The average molecular weight is 354 g/mol. The quantitative estimate of drug-likeness (QED) is 0.419. The highest BCUT2D eigenvalue weighted by Crippen LogP contribution is 2.16. The van der Waals surface area contributed by atoms with Crippen molar-refractivity contribution < 1.29 is 9.72 Å². The van der Waals surface area contributed by atoms with Crippen molar-refractivity contribution in [3.8, 4) is 5.69 Å². The highest BCUT2D eigenvalue weighted by Gasteiger charge is 2.07. The minimum atomic E-state index is -0.440. The van der Waals surface area contributed by atoms with Gasteiger partial charge in [0.15, 0.2) is 0 Å². The molecule has 126 valence electrons. The Labute approximate surface area is 147 Å². The number of hydrazone groups is 1. The number of aromatic nitrogens is 1. The lowest BCUT2D eigenvalue weighted by Crippen LogP contribution is -2.19. The van der Waals surface area contributed by atoms with Crippen molar-refractivity contribution in [2.75, 3.05) is 0 Å². The minimum Gasteiger partial charge on any atom is -0.316 e. The molecule has 3 aromatic rings. The maximum atomic E-state index is 11.8. The van der Waals surface area contributed by atoms with Gasteiger partial charge in [-0.25, -0.2) is 5.43 Å². The third kappa shape index (κ3) is 4.18. The van der Waals surface area contributed by atoms with Crippen LogP contribution in [0, 0.1) is 10.1 Å². The van der Waals surface area contributed by atoms with E-state index in [1.165, 1.54) is 29.7 Å². The van der Waals surface area contributed by atoms with Gasteiger partial charge in [-0.3, -0.25) is 14.9 Å². The number of carbonyl (C=O) groups excluding carboxylic acids is 1. The number of hydrogen-bond donors (Lipinski definition) is 1. The van der Waals surface area contributed by atoms with Gasteiger partial charge in [0.1, 0.15) is 0 Å². The second-order valence-corrected chi connectivity index (χ2v) is 6.16. The van der Waals surface area contributed by atoms with E-state index in [-0.39, 0.29) is 11.6 Å². The molecule has 8 heteroatoms. The molecule has 0 saturated carbocycles. The number of nitrogens with one attached hydrogen (secondary N) is 1. The van der Waals surface area contributed by atoms with E-state index in [1.807, 2.05) is 40.4 Å². The van der Waals surface area contributed by atoms with Crippen molar-refractivity contribution in [1.29, 1.82) is 0 Å². The van der Waals surface area contributed by atoms with Crippen molar-refractivity contribution in [3.63, 3.8) is 0 Å². The average Bonchev–Trinajstić information content (AvgIpc) is 3.27. The molecular weight excluding hydrogens is 340 g/mol. The molecule has 0 spiro atoms. The highest BCUT2D eigenvalue weighted by molar-refractivity contribution is 7.10. The van der Waals surface area contributed by atoms with E-state index >= 15 is 0 Å². The predicted molar refractivity (Wildman–Crippen MR) is 96.2 cm³/mol. The molecule has 7 nitrogen and oxygen atoms in total. The number of rotatable bonds is 6. The third-order valence-corrected chi connectivity index (χ3v) is 4.30. The standard InChI is InChI=1S/C17H14N4O3S/c22-17(11-16-4-2-10-25-16)19-18-12-15-3-1-9-20(15)13-5-7-14(8-6-13)21(23)24/h1-10,12H,11H2,(H,19,22)/b18-12-. The predicted octanol–water partition coefficient (Wildman–Crippen LogP) is 3.14. The Hall–Kier alpha value is -3.26. The third-order valence-electron chi connectivity index (χ3n) is 3.42. The van der Waals surface area contributed by atoms with E-state index in [9.17, 15) is 14.9 Å². The Kier molecular flexibility index (Phi) is 5.00. The molecule has 0 aliphatic rings. The van der Waals surface area contributed by atoms with Crippen molar-refractivity contribution >= 4 is 29.1 Å². The first-order chi connectivity index (χ1) is 12.1. The maximum absolute atomic E-state index is 11.8. The molecule has 0 fully saturated rings. The van der Waals surface area contributed by atoms with Gasteiger partial charge in [-0.05, 0) is 35.7 Å². The van der Waals surface area contributed by atoms with Crippen LogP contribution < -0.4 is 5.43 Å². The number of nitro groups is 1. The van der Waals surface area contributed by atoms with Crippen LogP contribution >= 0.6 is 11.3 Å². The van der Waals surface area contributed by atoms with Crippen LogP contribution in [0.3, 0.4) is 0 Å². The van der Waals surface area contributed by atoms with Crippen LogP contribution in [-0.4, -0.2) is 21.6 Å². The van der Waals surface area contributed by atoms with Gasteiger partial charge in [0.05, 0.1) is 23.3 Å². The van der Waals surface area contributed by atoms with E-state index in [0.717, 1.165) is 16.3 Å². The number of non-ortho nitro benzene ring substituents is 1. The number of thiophene rings is 1. The second-order valence-electron chi connectivity index (χ2n) is 5.13. The number of amides is 1. The van der Waals surface area contributed by atoms with Crippen molar-refractivity contribution in [1.82, 2.24) is 9.99 Å². The summed E-state index contributed by atoms with van der Waals surface area (Å²) in [5.74, 6) is -0.188. The van der Waals surface area contributed by atoms with E-state index in [1.54, 1.807) is 12.1 Å². The summed E-state index contributed by atoms with van der Waals surface area (Å²) in [4.78, 5) is 23.1. The molecule has 2 aromatic heterocycles. The van der Waals surface area contributed by atoms with Crippen molar-refractivity contribution in [3.05, 3.63) is 80.8 Å². The molecule has 0 aliphatic heterocycles. The Morgan fingerprint density at radius 1 is 1.24 bits per heavy atom. The second kappa shape index (κ2) is 7.54. The molecule has 1 N–H and O–H groups in total. The van der Waals surface area contributed by atoms with Crippen LogP contribution in [-0.2, 0) is 11.2 Å². The summed E-state index contributed by atoms with van der Waals surface area (Å²) >= 11 is 1.52. The number of hydrogen-bond acceptors (Lipinski definition) is 5. The van der Waals surface area contributed by atoms with Crippen LogP contribution in [0.25, 0.3) is 5.69 Å². The summed E-state index contributed by atoms with van der Waals surface area (Å²) in [7, 11) is 0. The van der Waals surface area contributed by atoms with Crippen LogP contribution in [0.5, 0.6) is 0 Å². The molecule has 0 aliphatic carbocycles. The zero-order valence-electron chi connectivity index (χ0n) is 13.0. The fourth-order valence-corrected chi connectivity index (χ4v) is 2.95. The van der Waals surface area contributed by atoms with Crippen molar-refractivity contribution in [2.24, 2.45) is 5.10 Å². The first-order valence-electron chi connectivity index (χ1n) is 7.40. The van der Waals surface area contributed by atoms with Crippen LogP contribution in [0.15, 0.2) is 65.2 Å². The summed E-state index contributed by atoms with van der Waals surface area (Å²) < 4.78 is 1.82. The molecule has 3 rings (SSSR count). The Morgan fingerprint density at radius 2 is 2.04 bits per heavy atom. The molecule has 0 radical (unpaired) electrons. The lowest BCUT2D eigenvalue weighted by Gasteiger charge is -2.05. The topological polar surface area (TPSA) is 89.5 Å². The van der Waals surface area contributed by atoms with Gasteiger partial charge in [-0.15, -0.1) is 11.3 Å². The molecule has 0 saturated heterocycles. The van der Waals surface area contributed by atoms with Gasteiger partial charge in [-0.2, -0.15) is 5.10 Å². The molecule has 2 heterocycles. The number of carbonyl (C=O) groups is 1. The largest absolute Gasteiger partial charge is 0.316 e. The van der Waals surface area contributed by atoms with E-state index in [0.29, 0.717) is 6.42 Å². The summed E-state index contributed by atoms with van der Waals surface area (Å²) in [6, 6.07) is 13.7. The minimum absolute atomic E-state index is 0.0342. The number of nitro benzene ring substituents is 1. The smallest absolute Gasteiger partial charge is 0.269 e. The molecule has 0 unspecified atom stereocenters. The van der Waals surface area contributed by atoms with Gasteiger partial charge >= 0.3 is 0 Å². The molecule has 1 aromatic carbocycles. The highest BCUT2D eigenvalue weighted by atomic mass is 32.1. The molecule has 0 atom stereocenters. The van der Waals surface area contributed by atoms with Crippen LogP contribution in [0.4, 0.5) is 5.69 Å². The van der Waals surface area contributed by atoms with Gasteiger partial charge < -0.3 is 4.57 Å². The first kappa shape index (κ1) is 16.6. The monoisotopic (exact) mass is 354 g/mol. The van der Waals surface area contributed by atoms with Gasteiger partial charge in [0, 0.05) is 28.9 Å². The Bertz CT molecular complexity index is 898. The zero-order chi connectivity index (χ0) is 17.6. The van der Waals surface area contributed by atoms with Gasteiger partial charge in [-0.1, -0.05) is 6.07 Å². The summed E-state index contributed by atoms with van der Waals surface area (Å²) in [6.07, 6.45) is 3.64.